The standard InChI is InChI=1S/C19H21BrN2O5S/c1-2-27-14-9-12(8-13(20)17(14)24)10-15-18(25)22(19(26)28-15)11-16(23)21-6-4-3-5-7-21/h8-10,24H,2-7,11H2,1H3/b15-10+. The van der Waals surface area contributed by atoms with Crippen LogP contribution < -0.4 is 4.74 Å². The number of benzene rings is 1. The summed E-state index contributed by atoms with van der Waals surface area (Å²) in [6, 6.07) is 3.22. The number of piperidine rings is 1. The van der Waals surface area contributed by atoms with Gasteiger partial charge in [0.2, 0.25) is 5.91 Å². The van der Waals surface area contributed by atoms with Crippen molar-refractivity contribution in [1.29, 1.82) is 0 Å². The van der Waals surface area contributed by atoms with Crippen molar-refractivity contribution in [2.75, 3.05) is 26.2 Å². The molecule has 0 saturated carbocycles. The Morgan fingerprint density at radius 3 is 2.68 bits per heavy atom. The molecule has 1 aromatic rings. The van der Waals surface area contributed by atoms with Crippen molar-refractivity contribution >= 4 is 50.8 Å². The van der Waals surface area contributed by atoms with Crippen LogP contribution >= 0.6 is 27.7 Å². The summed E-state index contributed by atoms with van der Waals surface area (Å²) < 4.78 is 5.80. The summed E-state index contributed by atoms with van der Waals surface area (Å²) >= 11 is 4.06. The number of hydrogen-bond donors (Lipinski definition) is 1. The van der Waals surface area contributed by atoms with Crippen LogP contribution in [0.25, 0.3) is 6.08 Å². The van der Waals surface area contributed by atoms with Crippen LogP contribution in [0.1, 0.15) is 31.7 Å². The highest BCUT2D eigenvalue weighted by Gasteiger charge is 2.37. The van der Waals surface area contributed by atoms with Gasteiger partial charge in [-0.3, -0.25) is 19.3 Å². The van der Waals surface area contributed by atoms with Crippen molar-refractivity contribution in [3.63, 3.8) is 0 Å². The predicted molar refractivity (Wildman–Crippen MR) is 110 cm³/mol. The van der Waals surface area contributed by atoms with E-state index in [4.69, 9.17) is 4.74 Å². The minimum Gasteiger partial charge on any atom is -0.503 e. The van der Waals surface area contributed by atoms with Crippen molar-refractivity contribution in [3.8, 4) is 11.5 Å². The van der Waals surface area contributed by atoms with E-state index < -0.39 is 11.1 Å². The Labute approximate surface area is 175 Å². The van der Waals surface area contributed by atoms with Crippen LogP contribution in [0.5, 0.6) is 11.5 Å². The largest absolute Gasteiger partial charge is 0.503 e. The van der Waals surface area contributed by atoms with Crippen LogP contribution in [0.2, 0.25) is 0 Å². The number of nitrogens with zero attached hydrogens (tertiary/aromatic N) is 2. The van der Waals surface area contributed by atoms with E-state index in [0.29, 0.717) is 29.7 Å². The number of phenols is 1. The monoisotopic (exact) mass is 468 g/mol. The Morgan fingerprint density at radius 1 is 1.29 bits per heavy atom. The second-order valence-electron chi connectivity index (χ2n) is 6.49. The van der Waals surface area contributed by atoms with E-state index in [0.717, 1.165) is 35.9 Å². The van der Waals surface area contributed by atoms with E-state index in [9.17, 15) is 19.5 Å². The molecule has 0 aromatic heterocycles. The third-order valence-corrected chi connectivity index (χ3v) is 6.04. The fourth-order valence-electron chi connectivity index (χ4n) is 3.11. The van der Waals surface area contributed by atoms with Gasteiger partial charge in [-0.1, -0.05) is 0 Å². The van der Waals surface area contributed by atoms with Crippen molar-refractivity contribution < 1.29 is 24.2 Å². The highest BCUT2D eigenvalue weighted by molar-refractivity contribution is 9.10. The molecule has 150 valence electrons. The number of aromatic hydroxyl groups is 1. The minimum atomic E-state index is -0.484. The van der Waals surface area contributed by atoms with Gasteiger partial charge < -0.3 is 14.7 Å². The molecular weight excluding hydrogens is 448 g/mol. The minimum absolute atomic E-state index is 0.0285. The fraction of sp³-hybridized carbons (Fsp3) is 0.421. The van der Waals surface area contributed by atoms with Crippen molar-refractivity contribution in [2.24, 2.45) is 0 Å². The van der Waals surface area contributed by atoms with Crippen LogP contribution in [-0.2, 0) is 9.59 Å². The van der Waals surface area contributed by atoms with Crippen LogP contribution in [0.15, 0.2) is 21.5 Å². The number of hydrogen-bond acceptors (Lipinski definition) is 6. The van der Waals surface area contributed by atoms with E-state index in [-0.39, 0.29) is 28.9 Å². The second kappa shape index (κ2) is 9.00. The van der Waals surface area contributed by atoms with Gasteiger partial charge in [0.05, 0.1) is 16.0 Å². The highest BCUT2D eigenvalue weighted by Crippen LogP contribution is 2.38. The topological polar surface area (TPSA) is 87.2 Å². The molecule has 2 fully saturated rings. The lowest BCUT2D eigenvalue weighted by atomic mass is 10.1. The highest BCUT2D eigenvalue weighted by atomic mass is 79.9. The Morgan fingerprint density at radius 2 is 2.00 bits per heavy atom. The third-order valence-electron chi connectivity index (χ3n) is 4.52. The van der Waals surface area contributed by atoms with Gasteiger partial charge in [-0.15, -0.1) is 0 Å². The van der Waals surface area contributed by atoms with Gasteiger partial charge in [-0.2, -0.15) is 0 Å². The lowest BCUT2D eigenvalue weighted by Gasteiger charge is -2.27. The zero-order valence-corrected chi connectivity index (χ0v) is 17.8. The third kappa shape index (κ3) is 4.52. The number of thioether (sulfide) groups is 1. The molecule has 0 radical (unpaired) electrons. The molecule has 2 heterocycles. The lowest BCUT2D eigenvalue weighted by Crippen LogP contribution is -2.44. The summed E-state index contributed by atoms with van der Waals surface area (Å²) in [5.74, 6) is -0.432. The first-order chi connectivity index (χ1) is 13.4. The average Bonchev–Trinajstić information content (AvgIpc) is 2.94. The van der Waals surface area contributed by atoms with Gasteiger partial charge >= 0.3 is 0 Å². The van der Waals surface area contributed by atoms with Crippen molar-refractivity contribution in [3.05, 3.63) is 27.1 Å². The molecule has 2 aliphatic heterocycles. The normalized spacial score (nSPS) is 18.9. The first-order valence-corrected chi connectivity index (χ1v) is 10.7. The summed E-state index contributed by atoms with van der Waals surface area (Å²) in [5, 5.41) is 9.55. The van der Waals surface area contributed by atoms with Crippen molar-refractivity contribution in [2.45, 2.75) is 26.2 Å². The Hall–Kier alpha value is -2.00. The van der Waals surface area contributed by atoms with E-state index in [2.05, 4.69) is 15.9 Å². The molecule has 28 heavy (non-hydrogen) atoms. The van der Waals surface area contributed by atoms with Gasteiger partial charge in [0.1, 0.15) is 6.54 Å². The van der Waals surface area contributed by atoms with Gasteiger partial charge in [0.15, 0.2) is 11.5 Å². The number of imide groups is 1. The fourth-order valence-corrected chi connectivity index (χ4v) is 4.41. The molecule has 0 unspecified atom stereocenters. The first-order valence-electron chi connectivity index (χ1n) is 9.09. The molecule has 0 bridgehead atoms. The molecule has 3 amide bonds. The molecule has 7 nitrogen and oxygen atoms in total. The zero-order valence-electron chi connectivity index (χ0n) is 15.4. The molecule has 1 N–H and O–H groups in total. The smallest absolute Gasteiger partial charge is 0.294 e. The van der Waals surface area contributed by atoms with Gasteiger partial charge in [-0.05, 0) is 77.7 Å². The molecule has 1 aromatic carbocycles. The van der Waals surface area contributed by atoms with Gasteiger partial charge in [-0.25, -0.2) is 0 Å². The number of amides is 3. The van der Waals surface area contributed by atoms with E-state index >= 15 is 0 Å². The Balaban J connectivity index is 1.76. The zero-order chi connectivity index (χ0) is 20.3. The summed E-state index contributed by atoms with van der Waals surface area (Å²) in [4.78, 5) is 40.3. The number of halogens is 1. The average molecular weight is 469 g/mol. The van der Waals surface area contributed by atoms with E-state index in [1.54, 1.807) is 30.0 Å². The molecule has 2 aliphatic rings. The number of rotatable bonds is 5. The predicted octanol–water partition coefficient (Wildman–Crippen LogP) is 3.60. The van der Waals surface area contributed by atoms with Crippen LogP contribution in [0, 0.1) is 0 Å². The number of ether oxygens (including phenoxy) is 1. The summed E-state index contributed by atoms with van der Waals surface area (Å²) in [6.45, 7) is 3.29. The number of carbonyl (C=O) groups is 3. The van der Waals surface area contributed by atoms with Gasteiger partial charge in [0, 0.05) is 13.1 Å². The first kappa shape index (κ1) is 20.7. The van der Waals surface area contributed by atoms with Gasteiger partial charge in [0.25, 0.3) is 11.1 Å². The SMILES string of the molecule is CCOc1cc(/C=C2/SC(=O)N(CC(=O)N3CCCCC3)C2=O)cc(Br)c1O. The van der Waals surface area contributed by atoms with Crippen LogP contribution in [0.3, 0.4) is 0 Å². The van der Waals surface area contributed by atoms with E-state index in [1.165, 1.54) is 0 Å². The lowest BCUT2D eigenvalue weighted by molar-refractivity contribution is -0.136. The maximum absolute atomic E-state index is 12.7. The Kier molecular flexibility index (Phi) is 6.66. The molecule has 0 atom stereocenters. The molecule has 9 heteroatoms. The number of phenolic OH excluding ortho intramolecular Hbond substituents is 1. The van der Waals surface area contributed by atoms with Crippen LogP contribution in [0.4, 0.5) is 4.79 Å². The molecule has 2 saturated heterocycles. The van der Waals surface area contributed by atoms with E-state index in [1.807, 2.05) is 0 Å². The maximum Gasteiger partial charge on any atom is 0.294 e. The van der Waals surface area contributed by atoms with Crippen LogP contribution in [-0.4, -0.2) is 58.2 Å². The summed E-state index contributed by atoms with van der Waals surface area (Å²) in [6.07, 6.45) is 4.56. The quantitative estimate of drug-likeness (QED) is 0.664. The molecule has 0 aliphatic carbocycles. The number of carbonyl (C=O) groups excluding carboxylic acids is 3. The second-order valence-corrected chi connectivity index (χ2v) is 8.34. The summed E-state index contributed by atoms with van der Waals surface area (Å²) in [7, 11) is 0. The summed E-state index contributed by atoms with van der Waals surface area (Å²) in [5.41, 5.74) is 0.598. The van der Waals surface area contributed by atoms with Crippen molar-refractivity contribution in [1.82, 2.24) is 9.80 Å². The Bertz CT molecular complexity index is 836. The molecule has 3 rings (SSSR count). The maximum atomic E-state index is 12.7. The number of likely N-dealkylation sites (tertiary alicyclic amines) is 1. The molecule has 0 spiro atoms. The molecular formula is C19H21BrN2O5S.